The zero-order valence-corrected chi connectivity index (χ0v) is 9.26. The van der Waals surface area contributed by atoms with Gasteiger partial charge >= 0.3 is 0 Å². The van der Waals surface area contributed by atoms with Crippen molar-refractivity contribution in [3.63, 3.8) is 0 Å². The molecule has 1 rings (SSSR count). The largest absolute Gasteiger partial charge is 0.303 e. The Balaban J connectivity index is 2.46. The van der Waals surface area contributed by atoms with Gasteiger partial charge in [-0.2, -0.15) is 0 Å². The molecule has 0 bridgehead atoms. The second kappa shape index (κ2) is 6.24. The fraction of sp³-hybridized carbons (Fsp3) is 0.385. The van der Waals surface area contributed by atoms with E-state index in [0.717, 1.165) is 12.5 Å². The van der Waals surface area contributed by atoms with Crippen molar-refractivity contribution in [2.75, 3.05) is 6.54 Å². The molecule has 1 N–H and O–H groups in total. The Bertz CT molecular complexity index is 362. The molecule has 1 aromatic rings. The predicted octanol–water partition coefficient (Wildman–Crippen LogP) is 2.51. The molecule has 0 saturated heterocycles. The van der Waals surface area contributed by atoms with Crippen LogP contribution in [0.15, 0.2) is 18.2 Å². The van der Waals surface area contributed by atoms with Crippen molar-refractivity contribution < 1.29 is 8.78 Å². The van der Waals surface area contributed by atoms with E-state index in [1.165, 1.54) is 12.1 Å². The normalized spacial score (nSPS) is 12.1. The van der Waals surface area contributed by atoms with Gasteiger partial charge in [-0.15, -0.1) is 6.42 Å². The van der Waals surface area contributed by atoms with E-state index in [0.29, 0.717) is 18.5 Å². The summed E-state index contributed by atoms with van der Waals surface area (Å²) in [4.78, 5) is 0. The maximum absolute atomic E-state index is 12.9. The molecule has 1 unspecified atom stereocenters. The third-order valence-corrected chi connectivity index (χ3v) is 2.34. The standard InChI is InChI=1S/C13H15F2N/c1-3-13(4-2)16-6-5-10-7-11(14)9-12(15)8-10/h1,7-9,13,16H,4-6H2,2H3. The first kappa shape index (κ1) is 12.7. The highest BCUT2D eigenvalue weighted by atomic mass is 19.1. The van der Waals surface area contributed by atoms with Crippen molar-refractivity contribution in [2.45, 2.75) is 25.8 Å². The minimum absolute atomic E-state index is 0.0263. The molecule has 86 valence electrons. The van der Waals surface area contributed by atoms with E-state index in [1.54, 1.807) is 0 Å². The Morgan fingerprint density at radius 3 is 2.44 bits per heavy atom. The van der Waals surface area contributed by atoms with Gasteiger partial charge in [-0.1, -0.05) is 12.8 Å². The van der Waals surface area contributed by atoms with Crippen molar-refractivity contribution in [3.8, 4) is 12.3 Å². The number of halogens is 2. The highest BCUT2D eigenvalue weighted by Gasteiger charge is 2.02. The molecule has 1 nitrogen and oxygen atoms in total. The molecule has 1 aromatic carbocycles. The van der Waals surface area contributed by atoms with E-state index in [9.17, 15) is 8.78 Å². The summed E-state index contributed by atoms with van der Waals surface area (Å²) >= 11 is 0. The van der Waals surface area contributed by atoms with E-state index in [-0.39, 0.29) is 6.04 Å². The number of hydrogen-bond acceptors (Lipinski definition) is 1. The third-order valence-electron chi connectivity index (χ3n) is 2.34. The van der Waals surface area contributed by atoms with Crippen LogP contribution in [0.3, 0.4) is 0 Å². The zero-order chi connectivity index (χ0) is 12.0. The fourth-order valence-electron chi connectivity index (χ4n) is 1.47. The molecule has 3 heteroatoms. The van der Waals surface area contributed by atoms with E-state index in [2.05, 4.69) is 11.2 Å². The van der Waals surface area contributed by atoms with Crippen LogP contribution >= 0.6 is 0 Å². The summed E-state index contributed by atoms with van der Waals surface area (Å²) in [7, 11) is 0. The lowest BCUT2D eigenvalue weighted by Crippen LogP contribution is -2.28. The van der Waals surface area contributed by atoms with Gasteiger partial charge in [0.1, 0.15) is 11.6 Å². The highest BCUT2D eigenvalue weighted by Crippen LogP contribution is 2.08. The smallest absolute Gasteiger partial charge is 0.126 e. The molecule has 0 saturated carbocycles. The van der Waals surface area contributed by atoms with Crippen molar-refractivity contribution in [3.05, 3.63) is 35.4 Å². The van der Waals surface area contributed by atoms with Crippen LogP contribution in [-0.4, -0.2) is 12.6 Å². The minimum atomic E-state index is -0.543. The number of hydrogen-bond donors (Lipinski definition) is 1. The van der Waals surface area contributed by atoms with Crippen molar-refractivity contribution >= 4 is 0 Å². The van der Waals surface area contributed by atoms with Gasteiger partial charge in [-0.3, -0.25) is 0 Å². The first-order valence-electron chi connectivity index (χ1n) is 5.30. The van der Waals surface area contributed by atoms with Crippen molar-refractivity contribution in [1.29, 1.82) is 0 Å². The summed E-state index contributed by atoms with van der Waals surface area (Å²) in [5.41, 5.74) is 0.636. The zero-order valence-electron chi connectivity index (χ0n) is 9.26. The predicted molar refractivity (Wildman–Crippen MR) is 61.0 cm³/mol. The Morgan fingerprint density at radius 1 is 1.31 bits per heavy atom. The molecule has 0 amide bonds. The van der Waals surface area contributed by atoms with Crippen LogP contribution in [0.5, 0.6) is 0 Å². The Kier molecular flexibility index (Phi) is 4.94. The lowest BCUT2D eigenvalue weighted by Gasteiger charge is -2.10. The number of nitrogens with one attached hydrogen (secondary N) is 1. The van der Waals surface area contributed by atoms with Gasteiger partial charge in [0.25, 0.3) is 0 Å². The Labute approximate surface area is 94.9 Å². The first-order valence-corrected chi connectivity index (χ1v) is 5.30. The van der Waals surface area contributed by atoms with Gasteiger partial charge in [-0.05, 0) is 30.5 Å². The summed E-state index contributed by atoms with van der Waals surface area (Å²) in [5.74, 6) is 1.52. The Hall–Kier alpha value is -1.40. The average Bonchev–Trinajstić information content (AvgIpc) is 2.23. The van der Waals surface area contributed by atoms with Crippen LogP contribution < -0.4 is 5.32 Å². The van der Waals surface area contributed by atoms with Gasteiger partial charge in [-0.25, -0.2) is 8.78 Å². The topological polar surface area (TPSA) is 12.0 Å². The van der Waals surface area contributed by atoms with Crippen LogP contribution in [0.2, 0.25) is 0 Å². The van der Waals surface area contributed by atoms with E-state index < -0.39 is 11.6 Å². The van der Waals surface area contributed by atoms with Gasteiger partial charge < -0.3 is 5.32 Å². The fourth-order valence-corrected chi connectivity index (χ4v) is 1.47. The van der Waals surface area contributed by atoms with E-state index in [4.69, 9.17) is 6.42 Å². The molecule has 0 aliphatic carbocycles. The van der Waals surface area contributed by atoms with Crippen molar-refractivity contribution in [1.82, 2.24) is 5.32 Å². The molecule has 16 heavy (non-hydrogen) atoms. The average molecular weight is 223 g/mol. The molecule has 0 fully saturated rings. The minimum Gasteiger partial charge on any atom is -0.303 e. The molecule has 0 spiro atoms. The summed E-state index contributed by atoms with van der Waals surface area (Å²) in [6.45, 7) is 2.60. The van der Waals surface area contributed by atoms with Gasteiger partial charge in [0.2, 0.25) is 0 Å². The molecule has 0 aliphatic heterocycles. The number of rotatable bonds is 5. The van der Waals surface area contributed by atoms with Crippen LogP contribution in [0.4, 0.5) is 8.78 Å². The number of benzene rings is 1. The molecule has 1 atom stereocenters. The second-order valence-corrected chi connectivity index (χ2v) is 3.61. The summed E-state index contributed by atoms with van der Waals surface area (Å²) in [6.07, 6.45) is 6.68. The molecular formula is C13H15F2N. The van der Waals surface area contributed by atoms with Crippen LogP contribution in [-0.2, 0) is 6.42 Å². The van der Waals surface area contributed by atoms with Crippen LogP contribution in [0.1, 0.15) is 18.9 Å². The monoisotopic (exact) mass is 223 g/mol. The maximum atomic E-state index is 12.9. The molecule has 0 aromatic heterocycles. The summed E-state index contributed by atoms with van der Waals surface area (Å²) in [5, 5.41) is 3.13. The van der Waals surface area contributed by atoms with Gasteiger partial charge in [0, 0.05) is 12.6 Å². The molecule has 0 heterocycles. The van der Waals surface area contributed by atoms with Gasteiger partial charge in [0.15, 0.2) is 0 Å². The molecule has 0 aliphatic rings. The van der Waals surface area contributed by atoms with Crippen LogP contribution in [0.25, 0.3) is 0 Å². The highest BCUT2D eigenvalue weighted by molar-refractivity contribution is 5.18. The summed E-state index contributed by atoms with van der Waals surface area (Å²) < 4.78 is 25.7. The third kappa shape index (κ3) is 4.00. The van der Waals surface area contributed by atoms with Gasteiger partial charge in [0.05, 0.1) is 6.04 Å². The quantitative estimate of drug-likeness (QED) is 0.756. The first-order chi connectivity index (χ1) is 7.65. The lowest BCUT2D eigenvalue weighted by atomic mass is 10.1. The summed E-state index contributed by atoms with van der Waals surface area (Å²) in [6, 6.07) is 3.56. The van der Waals surface area contributed by atoms with Crippen molar-refractivity contribution in [2.24, 2.45) is 0 Å². The molecule has 0 radical (unpaired) electrons. The van der Waals surface area contributed by atoms with E-state index >= 15 is 0 Å². The Morgan fingerprint density at radius 2 is 1.94 bits per heavy atom. The lowest BCUT2D eigenvalue weighted by molar-refractivity contribution is 0.570. The second-order valence-electron chi connectivity index (χ2n) is 3.61. The number of terminal acetylenes is 1. The SMILES string of the molecule is C#CC(CC)NCCc1cc(F)cc(F)c1. The maximum Gasteiger partial charge on any atom is 0.126 e. The molecular weight excluding hydrogens is 208 g/mol. The van der Waals surface area contributed by atoms with E-state index in [1.807, 2.05) is 6.92 Å². The van der Waals surface area contributed by atoms with Crippen LogP contribution in [0, 0.1) is 24.0 Å².